The van der Waals surface area contributed by atoms with Crippen LogP contribution >= 0.6 is 0 Å². The van der Waals surface area contributed by atoms with Crippen molar-refractivity contribution in [3.8, 4) is 0 Å². The molecule has 6 atom stereocenters. The maximum absolute atomic E-state index is 13.2. The van der Waals surface area contributed by atoms with E-state index in [0.717, 1.165) is 0 Å². The average Bonchev–Trinajstić information content (AvgIpc) is 2.47. The fourth-order valence-electron chi connectivity index (χ4n) is 1.24. The van der Waals surface area contributed by atoms with Gasteiger partial charge in [0.1, 0.15) is 6.61 Å². The zero-order valence-corrected chi connectivity index (χ0v) is 11.3. The van der Waals surface area contributed by atoms with E-state index in [4.69, 9.17) is 0 Å². The number of alkyl halides is 8. The maximum atomic E-state index is 13.2. The van der Waals surface area contributed by atoms with Crippen LogP contribution in [0.5, 0.6) is 0 Å². The Labute approximate surface area is 121 Å². The molecule has 0 rings (SSSR count). The van der Waals surface area contributed by atoms with Crippen LogP contribution in [0.4, 0.5) is 35.1 Å². The fraction of sp³-hybridized carbons (Fsp3) is 0.750. The molecule has 0 amide bonds. The van der Waals surface area contributed by atoms with Crippen LogP contribution in [0.2, 0.25) is 0 Å². The van der Waals surface area contributed by atoms with Gasteiger partial charge in [0, 0.05) is 5.57 Å². The molecule has 10 heteroatoms. The molecular weight excluding hydrogens is 328 g/mol. The summed E-state index contributed by atoms with van der Waals surface area (Å²) >= 11 is 0. The van der Waals surface area contributed by atoms with E-state index in [0.29, 0.717) is 0 Å². The van der Waals surface area contributed by atoms with Gasteiger partial charge in [-0.25, -0.2) is 39.9 Å². The zero-order chi connectivity index (χ0) is 17.6. The highest BCUT2D eigenvalue weighted by Crippen LogP contribution is 2.26. The van der Waals surface area contributed by atoms with Gasteiger partial charge in [0.2, 0.25) is 0 Å². The topological polar surface area (TPSA) is 26.3 Å². The van der Waals surface area contributed by atoms with E-state index in [-0.39, 0.29) is 5.57 Å². The Hall–Kier alpha value is -1.35. The van der Waals surface area contributed by atoms with Crippen LogP contribution in [0, 0.1) is 0 Å². The van der Waals surface area contributed by atoms with Crippen LogP contribution in [0.25, 0.3) is 0 Å². The minimum absolute atomic E-state index is 0.177. The van der Waals surface area contributed by atoms with Crippen molar-refractivity contribution in [2.45, 2.75) is 50.4 Å². The Morgan fingerprint density at radius 2 is 1.27 bits per heavy atom. The Morgan fingerprint density at radius 1 is 0.864 bits per heavy atom. The highest BCUT2D eigenvalue weighted by molar-refractivity contribution is 5.86. The maximum Gasteiger partial charge on any atom is 0.333 e. The van der Waals surface area contributed by atoms with Gasteiger partial charge in [-0.1, -0.05) is 6.58 Å². The van der Waals surface area contributed by atoms with Crippen molar-refractivity contribution >= 4 is 5.97 Å². The summed E-state index contributed by atoms with van der Waals surface area (Å²) in [4.78, 5) is 10.9. The van der Waals surface area contributed by atoms with Gasteiger partial charge in [0.05, 0.1) is 0 Å². The van der Waals surface area contributed by atoms with Crippen molar-refractivity contribution in [1.29, 1.82) is 0 Å². The Balaban J connectivity index is 4.59. The van der Waals surface area contributed by atoms with E-state index in [9.17, 15) is 39.9 Å². The van der Waals surface area contributed by atoms with Crippen molar-refractivity contribution in [2.24, 2.45) is 0 Å². The van der Waals surface area contributed by atoms with Crippen LogP contribution < -0.4 is 0 Å². The first-order valence-electron chi connectivity index (χ1n) is 5.95. The Bertz CT molecular complexity index is 378. The molecule has 0 aliphatic carbocycles. The zero-order valence-electron chi connectivity index (χ0n) is 11.3. The first kappa shape index (κ1) is 20.6. The molecule has 0 aliphatic heterocycles. The molecule has 22 heavy (non-hydrogen) atoms. The van der Waals surface area contributed by atoms with Gasteiger partial charge < -0.3 is 4.74 Å². The van der Waals surface area contributed by atoms with Crippen molar-refractivity contribution in [3.63, 3.8) is 0 Å². The summed E-state index contributed by atoms with van der Waals surface area (Å²) in [6, 6.07) is 0. The van der Waals surface area contributed by atoms with Crippen LogP contribution in [0.1, 0.15) is 6.92 Å². The van der Waals surface area contributed by atoms with Gasteiger partial charge in [0.25, 0.3) is 6.43 Å². The number of rotatable bonds is 9. The molecule has 0 saturated carbocycles. The lowest BCUT2D eigenvalue weighted by Gasteiger charge is -2.23. The predicted molar refractivity (Wildman–Crippen MR) is 61.2 cm³/mol. The van der Waals surface area contributed by atoms with Gasteiger partial charge in [0.15, 0.2) is 37.0 Å². The molecule has 130 valence electrons. The molecule has 0 N–H and O–H groups in total. The molecule has 0 heterocycles. The van der Waals surface area contributed by atoms with Gasteiger partial charge in [-0.3, -0.25) is 0 Å². The van der Waals surface area contributed by atoms with Crippen LogP contribution in [0.3, 0.4) is 0 Å². The first-order chi connectivity index (χ1) is 10.0. The largest absolute Gasteiger partial charge is 0.459 e. The van der Waals surface area contributed by atoms with Crippen molar-refractivity contribution in [3.05, 3.63) is 12.2 Å². The fourth-order valence-corrected chi connectivity index (χ4v) is 1.24. The lowest BCUT2D eigenvalue weighted by atomic mass is 10.0. The summed E-state index contributed by atoms with van der Waals surface area (Å²) in [6.07, 6.45) is -24.7. The minimum atomic E-state index is -3.95. The Morgan fingerprint density at radius 3 is 1.68 bits per heavy atom. The Kier molecular flexibility index (Phi) is 8.39. The number of esters is 1. The molecular formula is C12H14F8O2. The molecule has 0 fully saturated rings. The second kappa shape index (κ2) is 8.94. The number of hydrogen-bond acceptors (Lipinski definition) is 2. The standard InChI is InChI=1S/C12H14F8O2/c1-4(2)12(21)22-3-5(13)6(14)7(15)8(16)9(17)10(18)11(19)20/h5-11H,1,3H2,2H3. The summed E-state index contributed by atoms with van der Waals surface area (Å²) in [5.74, 6) is -1.13. The molecule has 0 saturated heterocycles. The van der Waals surface area contributed by atoms with Gasteiger partial charge in [-0.2, -0.15) is 0 Å². The number of ether oxygens (including phenoxy) is 1. The third-order valence-corrected chi connectivity index (χ3v) is 2.53. The van der Waals surface area contributed by atoms with E-state index in [1.54, 1.807) is 0 Å². The van der Waals surface area contributed by atoms with E-state index in [1.165, 1.54) is 6.92 Å². The molecule has 0 aromatic carbocycles. The molecule has 0 spiro atoms. The summed E-state index contributed by atoms with van der Waals surface area (Å²) in [6.45, 7) is 2.96. The van der Waals surface area contributed by atoms with Crippen LogP contribution in [-0.2, 0) is 9.53 Å². The quantitative estimate of drug-likeness (QED) is 0.365. The monoisotopic (exact) mass is 342 g/mol. The molecule has 0 aromatic heterocycles. The normalized spacial score (nSPS) is 19.9. The lowest BCUT2D eigenvalue weighted by Crippen LogP contribution is -2.45. The van der Waals surface area contributed by atoms with Crippen LogP contribution in [-0.4, -0.2) is 56.0 Å². The second-order valence-electron chi connectivity index (χ2n) is 4.45. The van der Waals surface area contributed by atoms with Crippen molar-refractivity contribution in [1.82, 2.24) is 0 Å². The lowest BCUT2D eigenvalue weighted by molar-refractivity contribution is -0.142. The molecule has 0 aliphatic rings. The molecule has 2 nitrogen and oxygen atoms in total. The molecule has 0 radical (unpaired) electrons. The predicted octanol–water partition coefficient (Wildman–Crippen LogP) is 3.40. The first-order valence-corrected chi connectivity index (χ1v) is 5.95. The number of carbonyl (C=O) groups excluding carboxylic acids is 1. The SMILES string of the molecule is C=C(C)C(=O)OCC(F)C(F)C(F)C(F)C(F)C(F)C(F)F. The van der Waals surface area contributed by atoms with E-state index in [2.05, 4.69) is 11.3 Å². The number of carbonyl (C=O) groups is 1. The summed E-state index contributed by atoms with van der Waals surface area (Å²) < 4.78 is 106. The van der Waals surface area contributed by atoms with Gasteiger partial charge in [-0.15, -0.1) is 0 Å². The van der Waals surface area contributed by atoms with E-state index in [1.807, 2.05) is 0 Å². The average molecular weight is 342 g/mol. The van der Waals surface area contributed by atoms with Gasteiger partial charge >= 0.3 is 5.97 Å². The van der Waals surface area contributed by atoms with Crippen LogP contribution in [0.15, 0.2) is 12.2 Å². The third kappa shape index (κ3) is 5.80. The number of hydrogen-bond donors (Lipinski definition) is 0. The summed E-state index contributed by atoms with van der Waals surface area (Å²) in [5.41, 5.74) is -0.177. The molecule has 0 bridgehead atoms. The van der Waals surface area contributed by atoms with Crippen molar-refractivity contribution < 1.29 is 44.7 Å². The third-order valence-electron chi connectivity index (χ3n) is 2.53. The van der Waals surface area contributed by atoms with E-state index >= 15 is 0 Å². The summed E-state index contributed by atoms with van der Waals surface area (Å²) in [7, 11) is 0. The van der Waals surface area contributed by atoms with E-state index < -0.39 is 56.0 Å². The highest BCUT2D eigenvalue weighted by Gasteiger charge is 2.46. The van der Waals surface area contributed by atoms with Crippen molar-refractivity contribution in [2.75, 3.05) is 6.61 Å². The number of halogens is 8. The van der Waals surface area contributed by atoms with Gasteiger partial charge in [-0.05, 0) is 6.92 Å². The minimum Gasteiger partial charge on any atom is -0.459 e. The molecule has 0 aromatic rings. The summed E-state index contributed by atoms with van der Waals surface area (Å²) in [5, 5.41) is 0. The smallest absolute Gasteiger partial charge is 0.333 e. The second-order valence-corrected chi connectivity index (χ2v) is 4.45. The highest BCUT2D eigenvalue weighted by atomic mass is 19.3. The molecule has 6 unspecified atom stereocenters.